The monoisotopic (exact) mass is 766 g/mol. The highest BCUT2D eigenvalue weighted by molar-refractivity contribution is 7.86. The second-order valence-electron chi connectivity index (χ2n) is 11.6. The van der Waals surface area contributed by atoms with Gasteiger partial charge in [0.2, 0.25) is 6.10 Å². The summed E-state index contributed by atoms with van der Waals surface area (Å²) in [4.78, 5) is 67.5. The maximum Gasteiger partial charge on any atom is 0.351 e. The van der Waals surface area contributed by atoms with Crippen molar-refractivity contribution in [3.63, 3.8) is 0 Å². The van der Waals surface area contributed by atoms with E-state index >= 15 is 0 Å². The first-order valence-corrected chi connectivity index (χ1v) is 18.0. The van der Waals surface area contributed by atoms with Gasteiger partial charge in [-0.05, 0) is 60.7 Å². The van der Waals surface area contributed by atoms with E-state index in [2.05, 4.69) is 0 Å². The van der Waals surface area contributed by atoms with Gasteiger partial charge >= 0.3 is 29.8 Å². The smallest absolute Gasteiger partial charge is 0.351 e. The van der Waals surface area contributed by atoms with Crippen LogP contribution in [0.2, 0.25) is 0 Å². The molecule has 5 aromatic carbocycles. The van der Waals surface area contributed by atoms with Crippen LogP contribution >= 0.6 is 0 Å². The molecule has 0 unspecified atom stereocenters. The molecule has 55 heavy (non-hydrogen) atoms. The van der Waals surface area contributed by atoms with E-state index in [0.29, 0.717) is 0 Å². The summed E-state index contributed by atoms with van der Waals surface area (Å²) in [5, 5.41) is 0. The van der Waals surface area contributed by atoms with Gasteiger partial charge in [-0.1, -0.05) is 91.0 Å². The molecule has 4 atom stereocenters. The summed E-state index contributed by atoms with van der Waals surface area (Å²) in [5.41, 5.74) is -0.0640. The topological polar surface area (TPSA) is 175 Å². The Morgan fingerprint density at radius 3 is 1.27 bits per heavy atom. The van der Waals surface area contributed by atoms with Gasteiger partial charge in [-0.2, -0.15) is 8.42 Å². The van der Waals surface area contributed by atoms with Crippen LogP contribution in [0.4, 0.5) is 0 Å². The minimum Gasteiger partial charge on any atom is -0.466 e. The minimum atomic E-state index is -4.80. The summed E-state index contributed by atoms with van der Waals surface area (Å²) in [6.07, 6.45) is -8.67. The number of hydrogen-bond donors (Lipinski definition) is 0. The predicted molar refractivity (Wildman–Crippen MR) is 194 cm³/mol. The number of benzene rings is 5. The lowest BCUT2D eigenvalue weighted by Crippen LogP contribution is -2.55. The van der Waals surface area contributed by atoms with Gasteiger partial charge in [0, 0.05) is 0 Å². The van der Waals surface area contributed by atoms with Gasteiger partial charge in [0.05, 0.1) is 34.3 Å². The van der Waals surface area contributed by atoms with Crippen molar-refractivity contribution in [2.75, 3.05) is 13.7 Å². The standard InChI is InChI=1S/C41H34O13S/c1-49-41(46)36(53-40(45)31-23-13-5-14-24-31)35(52-39(44)30-21-11-4-12-22-30)34(51-38(43)29-19-9-3-10-20-29)33(27-50-37(42)28-17-7-2-8-18-28)54-55(47,48)32-25-15-6-16-26-32/h2-26,33-36H,27H2,1H3/t33-,34-,35+,36-/m1/s1. The Hall–Kier alpha value is -6.64. The fraction of sp³-hybridized carbons (Fsp3) is 0.146. The van der Waals surface area contributed by atoms with E-state index in [0.717, 1.165) is 7.11 Å². The number of hydrogen-bond acceptors (Lipinski definition) is 13. The van der Waals surface area contributed by atoms with Crippen molar-refractivity contribution in [3.8, 4) is 0 Å². The van der Waals surface area contributed by atoms with Gasteiger partial charge in [0.1, 0.15) is 6.61 Å². The molecule has 0 saturated carbocycles. The third kappa shape index (κ3) is 10.7. The molecule has 5 aromatic rings. The molecule has 0 aliphatic heterocycles. The normalized spacial score (nSPS) is 13.2. The fourth-order valence-corrected chi connectivity index (χ4v) is 6.20. The number of ether oxygens (including phenoxy) is 5. The first-order valence-electron chi connectivity index (χ1n) is 16.6. The molecule has 14 heteroatoms. The van der Waals surface area contributed by atoms with Crippen molar-refractivity contribution in [1.82, 2.24) is 0 Å². The van der Waals surface area contributed by atoms with Crippen molar-refractivity contribution in [3.05, 3.63) is 174 Å². The summed E-state index contributed by atoms with van der Waals surface area (Å²) >= 11 is 0. The van der Waals surface area contributed by atoms with E-state index in [9.17, 15) is 32.4 Å². The molecule has 5 rings (SSSR count). The second kappa shape index (κ2) is 18.9. The minimum absolute atomic E-state index is 0.0291. The number of esters is 5. The van der Waals surface area contributed by atoms with Crippen LogP contribution in [0.25, 0.3) is 0 Å². The second-order valence-corrected chi connectivity index (χ2v) is 13.1. The molecular weight excluding hydrogens is 733 g/mol. The molecule has 0 aliphatic rings. The lowest BCUT2D eigenvalue weighted by Gasteiger charge is -2.34. The van der Waals surface area contributed by atoms with Crippen molar-refractivity contribution < 1.29 is 60.3 Å². The van der Waals surface area contributed by atoms with Gasteiger partial charge in [0.15, 0.2) is 18.3 Å². The lowest BCUT2D eigenvalue weighted by atomic mass is 10.0. The molecule has 0 amide bonds. The van der Waals surface area contributed by atoms with E-state index in [4.69, 9.17) is 27.9 Å². The third-order valence-corrected chi connectivity index (χ3v) is 9.19. The number of methoxy groups -OCH3 is 1. The molecule has 0 N–H and O–H groups in total. The maximum absolute atomic E-state index is 13.8. The van der Waals surface area contributed by atoms with Crippen LogP contribution in [-0.4, -0.2) is 76.4 Å². The van der Waals surface area contributed by atoms with Crippen LogP contribution < -0.4 is 0 Å². The Labute approximate surface area is 316 Å². The molecule has 0 aromatic heterocycles. The van der Waals surface area contributed by atoms with Gasteiger partial charge in [0.25, 0.3) is 10.1 Å². The zero-order valence-electron chi connectivity index (χ0n) is 29.2. The van der Waals surface area contributed by atoms with Crippen molar-refractivity contribution in [2.45, 2.75) is 29.3 Å². The Morgan fingerprint density at radius 2 is 0.855 bits per heavy atom. The average molecular weight is 767 g/mol. The summed E-state index contributed by atoms with van der Waals surface area (Å²) in [6.45, 7) is -0.966. The number of carbonyl (C=O) groups excluding carboxylic acids is 5. The first kappa shape index (κ1) is 39.6. The molecule has 0 aliphatic carbocycles. The van der Waals surface area contributed by atoms with Gasteiger partial charge in [-0.15, -0.1) is 0 Å². The summed E-state index contributed by atoms with van der Waals surface area (Å²) in [5.74, 6) is -5.53. The molecule has 0 saturated heterocycles. The molecule has 0 bridgehead atoms. The molecule has 13 nitrogen and oxygen atoms in total. The number of rotatable bonds is 16. The van der Waals surface area contributed by atoms with Crippen molar-refractivity contribution in [1.29, 1.82) is 0 Å². The van der Waals surface area contributed by atoms with Crippen LogP contribution in [0.15, 0.2) is 157 Å². The highest BCUT2D eigenvalue weighted by Crippen LogP contribution is 2.27. The first-order chi connectivity index (χ1) is 26.6. The fourth-order valence-electron chi connectivity index (χ4n) is 5.11. The largest absolute Gasteiger partial charge is 0.466 e. The van der Waals surface area contributed by atoms with Crippen LogP contribution in [-0.2, 0) is 42.8 Å². The predicted octanol–water partition coefficient (Wildman–Crippen LogP) is 5.47. The van der Waals surface area contributed by atoms with Crippen LogP contribution in [0, 0.1) is 0 Å². The van der Waals surface area contributed by atoms with Gasteiger partial charge in [-0.25, -0.2) is 24.0 Å². The Morgan fingerprint density at radius 1 is 0.491 bits per heavy atom. The van der Waals surface area contributed by atoms with Crippen LogP contribution in [0.3, 0.4) is 0 Å². The van der Waals surface area contributed by atoms with Crippen LogP contribution in [0.5, 0.6) is 0 Å². The molecule has 0 heterocycles. The molecule has 0 radical (unpaired) electrons. The Kier molecular flexibility index (Phi) is 13.6. The van der Waals surface area contributed by atoms with Gasteiger partial charge in [-0.3, -0.25) is 4.18 Å². The molecule has 0 spiro atoms. The highest BCUT2D eigenvalue weighted by Gasteiger charge is 2.49. The Bertz CT molecular complexity index is 2160. The zero-order chi connectivity index (χ0) is 39.2. The van der Waals surface area contributed by atoms with Crippen molar-refractivity contribution >= 4 is 40.0 Å². The number of carbonyl (C=O) groups is 5. The van der Waals surface area contributed by atoms with E-state index in [1.54, 1.807) is 42.5 Å². The van der Waals surface area contributed by atoms with E-state index < -0.39 is 71.0 Å². The highest BCUT2D eigenvalue weighted by atomic mass is 32.2. The molecule has 282 valence electrons. The van der Waals surface area contributed by atoms with Crippen molar-refractivity contribution in [2.24, 2.45) is 0 Å². The van der Waals surface area contributed by atoms with Crippen LogP contribution in [0.1, 0.15) is 41.4 Å². The van der Waals surface area contributed by atoms with E-state index in [-0.39, 0.29) is 27.1 Å². The lowest BCUT2D eigenvalue weighted by molar-refractivity contribution is -0.168. The zero-order valence-corrected chi connectivity index (χ0v) is 30.0. The quantitative estimate of drug-likeness (QED) is 0.0704. The SMILES string of the molecule is COC(=O)[C@H](OC(=O)c1ccccc1)[C@@H](OC(=O)c1ccccc1)[C@H](OC(=O)c1ccccc1)[C@@H](COC(=O)c1ccccc1)OS(=O)(=O)c1ccccc1. The van der Waals surface area contributed by atoms with E-state index in [1.807, 2.05) is 0 Å². The maximum atomic E-state index is 13.8. The Balaban J connectivity index is 1.67. The molecule has 0 fully saturated rings. The summed E-state index contributed by atoms with van der Waals surface area (Å²) < 4.78 is 61.1. The third-order valence-electron chi connectivity index (χ3n) is 7.84. The molecular formula is C41H34O13S. The summed E-state index contributed by atoms with van der Waals surface area (Å²) in [7, 11) is -3.84. The van der Waals surface area contributed by atoms with Gasteiger partial charge < -0.3 is 23.7 Å². The average Bonchev–Trinajstić information content (AvgIpc) is 3.23. The van der Waals surface area contributed by atoms with E-state index in [1.165, 1.54) is 109 Å². The summed E-state index contributed by atoms with van der Waals surface area (Å²) in [6, 6.07) is 36.8.